The molecule has 5 nitrogen and oxygen atoms in total. The Morgan fingerprint density at radius 3 is 2.64 bits per heavy atom. The highest BCUT2D eigenvalue weighted by Crippen LogP contribution is 2.19. The molecule has 0 radical (unpaired) electrons. The van der Waals surface area contributed by atoms with E-state index in [2.05, 4.69) is 12.2 Å². The Hall–Kier alpha value is -1.88. The van der Waals surface area contributed by atoms with Crippen molar-refractivity contribution < 1.29 is 14.3 Å². The summed E-state index contributed by atoms with van der Waals surface area (Å²) in [5.74, 6) is -0.150. The Morgan fingerprint density at radius 1 is 1.27 bits per heavy atom. The lowest BCUT2D eigenvalue weighted by molar-refractivity contribution is -0.119. The molecule has 0 unspecified atom stereocenters. The molecular weight excluding hydrogens is 280 g/mol. The van der Waals surface area contributed by atoms with Crippen LogP contribution in [-0.2, 0) is 9.53 Å². The molecule has 0 aliphatic carbocycles. The van der Waals surface area contributed by atoms with Gasteiger partial charge in [0, 0.05) is 19.0 Å². The number of carbonyl (C=O) groups excluding carboxylic acids is 2. The molecule has 1 fully saturated rings. The van der Waals surface area contributed by atoms with Crippen molar-refractivity contribution >= 4 is 17.5 Å². The van der Waals surface area contributed by atoms with Gasteiger partial charge in [-0.3, -0.25) is 9.59 Å². The van der Waals surface area contributed by atoms with Crippen molar-refractivity contribution in [2.24, 2.45) is 5.92 Å². The topological polar surface area (TPSA) is 58.6 Å². The third-order valence-electron chi connectivity index (χ3n) is 3.88. The van der Waals surface area contributed by atoms with Crippen molar-refractivity contribution in [2.75, 3.05) is 31.6 Å². The number of benzene rings is 1. The zero-order valence-corrected chi connectivity index (χ0v) is 13.3. The molecule has 1 aromatic carbocycles. The number of anilines is 1. The molecule has 0 bridgehead atoms. The standard InChI is InChI=1S/C17H24N2O3/c1-3-6-13(2)16(20)18-15-8-5-4-7-14(15)17(21)19-9-11-22-12-10-19/h4-5,7-8,13H,3,6,9-12H2,1-2H3,(H,18,20)/t13-/m0/s1. The first kappa shape index (κ1) is 16.5. The Labute approximate surface area is 131 Å². The molecular formula is C17H24N2O3. The maximum absolute atomic E-state index is 12.6. The number of hydrogen-bond donors (Lipinski definition) is 1. The zero-order valence-electron chi connectivity index (χ0n) is 13.3. The van der Waals surface area contributed by atoms with E-state index in [-0.39, 0.29) is 17.7 Å². The van der Waals surface area contributed by atoms with Crippen LogP contribution in [0.5, 0.6) is 0 Å². The maximum atomic E-state index is 12.6. The van der Waals surface area contributed by atoms with E-state index in [9.17, 15) is 9.59 Å². The second-order valence-electron chi connectivity index (χ2n) is 5.63. The van der Waals surface area contributed by atoms with E-state index in [1.165, 1.54) is 0 Å². The highest BCUT2D eigenvalue weighted by molar-refractivity contribution is 6.04. The number of hydrogen-bond acceptors (Lipinski definition) is 3. The predicted molar refractivity (Wildman–Crippen MR) is 85.9 cm³/mol. The molecule has 2 rings (SSSR count). The van der Waals surface area contributed by atoms with E-state index in [1.807, 2.05) is 19.1 Å². The van der Waals surface area contributed by atoms with Gasteiger partial charge >= 0.3 is 0 Å². The predicted octanol–water partition coefficient (Wildman–Crippen LogP) is 2.53. The summed E-state index contributed by atoms with van der Waals surface area (Å²) >= 11 is 0. The van der Waals surface area contributed by atoms with Crippen LogP contribution in [0.2, 0.25) is 0 Å². The van der Waals surface area contributed by atoms with Gasteiger partial charge in [-0.25, -0.2) is 0 Å². The number of ether oxygens (including phenoxy) is 1. The Bertz CT molecular complexity index is 524. The fourth-order valence-electron chi connectivity index (χ4n) is 2.54. The Morgan fingerprint density at radius 2 is 1.95 bits per heavy atom. The van der Waals surface area contributed by atoms with Gasteiger partial charge in [0.25, 0.3) is 5.91 Å². The van der Waals surface area contributed by atoms with Crippen molar-refractivity contribution in [1.82, 2.24) is 4.90 Å². The number of nitrogens with one attached hydrogen (secondary N) is 1. The third kappa shape index (κ3) is 4.07. The van der Waals surface area contributed by atoms with E-state index in [0.29, 0.717) is 37.6 Å². The van der Waals surface area contributed by atoms with Gasteiger partial charge in [-0.2, -0.15) is 0 Å². The number of para-hydroxylation sites is 1. The molecule has 120 valence electrons. The first-order valence-electron chi connectivity index (χ1n) is 7.90. The summed E-state index contributed by atoms with van der Waals surface area (Å²) in [6.07, 6.45) is 1.80. The molecule has 2 amide bonds. The minimum Gasteiger partial charge on any atom is -0.378 e. The number of morpholine rings is 1. The van der Waals surface area contributed by atoms with E-state index in [0.717, 1.165) is 12.8 Å². The lowest BCUT2D eigenvalue weighted by Crippen LogP contribution is -2.41. The molecule has 22 heavy (non-hydrogen) atoms. The molecule has 5 heteroatoms. The summed E-state index contributed by atoms with van der Waals surface area (Å²) in [6.45, 7) is 6.27. The SMILES string of the molecule is CCC[C@H](C)C(=O)Nc1ccccc1C(=O)N1CCOCC1. The fourth-order valence-corrected chi connectivity index (χ4v) is 2.54. The molecule has 1 aromatic rings. The average molecular weight is 304 g/mol. The van der Waals surface area contributed by atoms with Gasteiger partial charge in [-0.15, -0.1) is 0 Å². The fraction of sp³-hybridized carbons (Fsp3) is 0.529. The zero-order chi connectivity index (χ0) is 15.9. The van der Waals surface area contributed by atoms with Crippen LogP contribution >= 0.6 is 0 Å². The average Bonchev–Trinajstić information content (AvgIpc) is 2.55. The van der Waals surface area contributed by atoms with Gasteiger partial charge in [0.05, 0.1) is 24.5 Å². The lowest BCUT2D eigenvalue weighted by Gasteiger charge is -2.27. The summed E-state index contributed by atoms with van der Waals surface area (Å²) in [7, 11) is 0. The van der Waals surface area contributed by atoms with Crippen molar-refractivity contribution in [1.29, 1.82) is 0 Å². The highest BCUT2D eigenvalue weighted by atomic mass is 16.5. The Kier molecular flexibility index (Phi) is 5.95. The van der Waals surface area contributed by atoms with Gasteiger partial charge in [-0.1, -0.05) is 32.4 Å². The number of nitrogens with zero attached hydrogens (tertiary/aromatic N) is 1. The monoisotopic (exact) mass is 304 g/mol. The number of amides is 2. The minimum absolute atomic E-state index is 0.0379. The van der Waals surface area contributed by atoms with Crippen LogP contribution in [-0.4, -0.2) is 43.0 Å². The summed E-state index contributed by atoms with van der Waals surface area (Å²) < 4.78 is 5.28. The normalized spacial score (nSPS) is 16.2. The first-order chi connectivity index (χ1) is 10.6. The van der Waals surface area contributed by atoms with Crippen LogP contribution in [0, 0.1) is 5.92 Å². The van der Waals surface area contributed by atoms with E-state index < -0.39 is 0 Å². The molecule has 1 N–H and O–H groups in total. The molecule has 0 spiro atoms. The van der Waals surface area contributed by atoms with Gasteiger partial charge in [0.15, 0.2) is 0 Å². The summed E-state index contributed by atoms with van der Waals surface area (Å²) in [5, 5.41) is 2.90. The second kappa shape index (κ2) is 7.94. The van der Waals surface area contributed by atoms with Gasteiger partial charge in [0.1, 0.15) is 0 Å². The smallest absolute Gasteiger partial charge is 0.256 e. The van der Waals surface area contributed by atoms with Crippen molar-refractivity contribution in [3.63, 3.8) is 0 Å². The van der Waals surface area contributed by atoms with Crippen LogP contribution in [0.25, 0.3) is 0 Å². The lowest BCUT2D eigenvalue weighted by atomic mass is 10.0. The van der Waals surface area contributed by atoms with Crippen molar-refractivity contribution in [2.45, 2.75) is 26.7 Å². The summed E-state index contributed by atoms with van der Waals surface area (Å²) in [5.41, 5.74) is 1.13. The van der Waals surface area contributed by atoms with Crippen LogP contribution in [0.3, 0.4) is 0 Å². The highest BCUT2D eigenvalue weighted by Gasteiger charge is 2.22. The molecule has 1 atom stereocenters. The minimum atomic E-state index is -0.0588. The maximum Gasteiger partial charge on any atom is 0.256 e. The number of rotatable bonds is 5. The van der Waals surface area contributed by atoms with E-state index >= 15 is 0 Å². The van der Waals surface area contributed by atoms with Crippen molar-refractivity contribution in [3.05, 3.63) is 29.8 Å². The number of carbonyl (C=O) groups is 2. The summed E-state index contributed by atoms with van der Waals surface area (Å²) in [6, 6.07) is 7.19. The van der Waals surface area contributed by atoms with E-state index in [1.54, 1.807) is 17.0 Å². The molecule has 1 heterocycles. The first-order valence-corrected chi connectivity index (χ1v) is 7.90. The molecule has 1 aliphatic rings. The van der Waals surface area contributed by atoms with Crippen LogP contribution < -0.4 is 5.32 Å². The van der Waals surface area contributed by atoms with Crippen LogP contribution in [0.4, 0.5) is 5.69 Å². The molecule has 1 saturated heterocycles. The van der Waals surface area contributed by atoms with E-state index in [4.69, 9.17) is 4.74 Å². The van der Waals surface area contributed by atoms with Gasteiger partial charge in [-0.05, 0) is 18.6 Å². The van der Waals surface area contributed by atoms with Crippen molar-refractivity contribution in [3.8, 4) is 0 Å². The van der Waals surface area contributed by atoms with Crippen LogP contribution in [0.15, 0.2) is 24.3 Å². The van der Waals surface area contributed by atoms with Crippen LogP contribution in [0.1, 0.15) is 37.0 Å². The molecule has 1 aliphatic heterocycles. The molecule has 0 aromatic heterocycles. The Balaban J connectivity index is 2.12. The second-order valence-corrected chi connectivity index (χ2v) is 5.63. The quantitative estimate of drug-likeness (QED) is 0.909. The van der Waals surface area contributed by atoms with Gasteiger partial charge in [0.2, 0.25) is 5.91 Å². The largest absolute Gasteiger partial charge is 0.378 e. The summed E-state index contributed by atoms with van der Waals surface area (Å²) in [4.78, 5) is 26.6. The third-order valence-corrected chi connectivity index (χ3v) is 3.88. The molecule has 0 saturated carbocycles. The van der Waals surface area contributed by atoms with Gasteiger partial charge < -0.3 is 15.0 Å².